The van der Waals surface area contributed by atoms with Crippen LogP contribution in [0.5, 0.6) is 0 Å². The van der Waals surface area contributed by atoms with E-state index >= 15 is 0 Å². The maximum atomic E-state index is 14.8. The summed E-state index contributed by atoms with van der Waals surface area (Å²) in [6.07, 6.45) is -3.29. The Morgan fingerprint density at radius 2 is 1.82 bits per heavy atom. The highest BCUT2D eigenvalue weighted by Gasteiger charge is 2.43. The van der Waals surface area contributed by atoms with Gasteiger partial charge in [-0.15, -0.1) is 12.3 Å². The molecule has 38 heavy (non-hydrogen) atoms. The van der Waals surface area contributed by atoms with Crippen molar-refractivity contribution in [1.29, 1.82) is 0 Å². The average molecular weight is 543 g/mol. The Bertz CT molecular complexity index is 1270. The van der Waals surface area contributed by atoms with E-state index in [4.69, 9.17) is 11.2 Å². The quantitative estimate of drug-likeness (QED) is 0.453. The van der Waals surface area contributed by atoms with Gasteiger partial charge in [0.15, 0.2) is 0 Å². The average Bonchev–Trinajstić information content (AvgIpc) is 3.26. The SMILES string of the molecule is C#C[C@@H]1C[C@H](C(=O)N[C@@H](c2ccc(C(F)(F)F)cc2F)C2COC2)N(C(=O)c2ccnc(C(F)(F)F)c2)C1. The number of pyridine rings is 1. The molecule has 202 valence electrons. The van der Waals surface area contributed by atoms with Crippen LogP contribution in [0.4, 0.5) is 30.7 Å². The van der Waals surface area contributed by atoms with Crippen molar-refractivity contribution in [2.75, 3.05) is 19.8 Å². The molecule has 0 unspecified atom stereocenters. The van der Waals surface area contributed by atoms with Gasteiger partial charge in [0.05, 0.1) is 24.8 Å². The lowest BCUT2D eigenvalue weighted by Crippen LogP contribution is -2.50. The predicted octanol–water partition coefficient (Wildman–Crippen LogP) is 4.23. The molecule has 2 aromatic rings. The normalized spacial score (nSPS) is 20.9. The van der Waals surface area contributed by atoms with Gasteiger partial charge in [0.2, 0.25) is 5.91 Å². The molecule has 2 fully saturated rings. The van der Waals surface area contributed by atoms with Gasteiger partial charge in [-0.1, -0.05) is 6.07 Å². The first kappa shape index (κ1) is 27.4. The van der Waals surface area contributed by atoms with Crippen LogP contribution >= 0.6 is 0 Å². The number of halogens is 7. The Hall–Kier alpha value is -3.66. The number of hydrogen-bond donors (Lipinski definition) is 1. The first-order chi connectivity index (χ1) is 17.8. The van der Waals surface area contributed by atoms with Crippen LogP contribution in [0.2, 0.25) is 0 Å². The molecule has 2 aliphatic heterocycles. The minimum Gasteiger partial charge on any atom is -0.381 e. The zero-order chi connectivity index (χ0) is 27.8. The molecule has 2 aliphatic rings. The molecule has 2 saturated heterocycles. The van der Waals surface area contributed by atoms with Crippen LogP contribution in [0.1, 0.15) is 39.6 Å². The standard InChI is InChI=1S/C25H20F7N3O3/c1-2-13-7-19(35(10-13)23(37)14-5-6-33-20(8-14)25(30,31)32)22(36)34-21(15-11-38-12-15)17-4-3-16(9-18(17)26)24(27,28)29/h1,3-6,8-9,13,15,19,21H,7,10-12H2,(H,34,36)/t13-,19-,21-/m1/s1. The van der Waals surface area contributed by atoms with Crippen molar-refractivity contribution in [2.45, 2.75) is 30.9 Å². The van der Waals surface area contributed by atoms with E-state index in [9.17, 15) is 40.3 Å². The van der Waals surface area contributed by atoms with Gasteiger partial charge in [-0.25, -0.2) is 4.39 Å². The summed E-state index contributed by atoms with van der Waals surface area (Å²) in [5.74, 6) is -1.48. The number of benzene rings is 1. The number of ether oxygens (including phenoxy) is 1. The van der Waals surface area contributed by atoms with E-state index in [1.165, 1.54) is 0 Å². The van der Waals surface area contributed by atoms with Crippen molar-refractivity contribution in [3.63, 3.8) is 0 Å². The van der Waals surface area contributed by atoms with E-state index in [2.05, 4.69) is 16.2 Å². The Morgan fingerprint density at radius 3 is 2.37 bits per heavy atom. The van der Waals surface area contributed by atoms with Crippen molar-refractivity contribution in [3.05, 3.63) is 64.7 Å². The van der Waals surface area contributed by atoms with Gasteiger partial charge < -0.3 is 15.0 Å². The van der Waals surface area contributed by atoms with Crippen molar-refractivity contribution in [1.82, 2.24) is 15.2 Å². The number of carbonyl (C=O) groups excluding carboxylic acids is 2. The van der Waals surface area contributed by atoms with Gasteiger partial charge in [0.1, 0.15) is 17.6 Å². The van der Waals surface area contributed by atoms with Crippen LogP contribution < -0.4 is 5.32 Å². The van der Waals surface area contributed by atoms with Gasteiger partial charge in [0.25, 0.3) is 5.91 Å². The number of hydrogen-bond acceptors (Lipinski definition) is 4. The number of alkyl halides is 6. The van der Waals surface area contributed by atoms with Crippen LogP contribution in [0.15, 0.2) is 36.5 Å². The second kappa shape index (κ2) is 10.2. The molecular weight excluding hydrogens is 523 g/mol. The maximum Gasteiger partial charge on any atom is 0.433 e. The number of likely N-dealkylation sites (tertiary alicyclic amines) is 1. The molecular formula is C25H20F7N3O3. The number of amides is 2. The fourth-order valence-corrected chi connectivity index (χ4v) is 4.42. The zero-order valence-electron chi connectivity index (χ0n) is 19.4. The van der Waals surface area contributed by atoms with Gasteiger partial charge in [-0.05, 0) is 30.7 Å². The molecule has 0 saturated carbocycles. The Kier molecular flexibility index (Phi) is 7.38. The van der Waals surface area contributed by atoms with E-state index in [0.29, 0.717) is 18.2 Å². The Labute approximate surface area is 212 Å². The van der Waals surface area contributed by atoms with Crippen LogP contribution in [-0.4, -0.2) is 47.5 Å². The molecule has 0 radical (unpaired) electrons. The molecule has 0 bridgehead atoms. The predicted molar refractivity (Wildman–Crippen MR) is 118 cm³/mol. The largest absolute Gasteiger partial charge is 0.433 e. The molecule has 4 rings (SSSR count). The second-order valence-electron chi connectivity index (χ2n) is 9.02. The summed E-state index contributed by atoms with van der Waals surface area (Å²) in [4.78, 5) is 30.7. The number of nitrogens with one attached hydrogen (secondary N) is 1. The Balaban J connectivity index is 1.60. The molecule has 3 heterocycles. The summed E-state index contributed by atoms with van der Waals surface area (Å²) >= 11 is 0. The third kappa shape index (κ3) is 5.60. The molecule has 1 aromatic carbocycles. The lowest BCUT2D eigenvalue weighted by Gasteiger charge is -2.36. The molecule has 0 aliphatic carbocycles. The highest BCUT2D eigenvalue weighted by Crippen LogP contribution is 2.35. The molecule has 3 atom stereocenters. The number of aromatic nitrogens is 1. The van der Waals surface area contributed by atoms with E-state index in [1.807, 2.05) is 0 Å². The fourth-order valence-electron chi connectivity index (χ4n) is 4.42. The van der Waals surface area contributed by atoms with Crippen LogP contribution in [0.3, 0.4) is 0 Å². The highest BCUT2D eigenvalue weighted by molar-refractivity contribution is 5.98. The summed E-state index contributed by atoms with van der Waals surface area (Å²) in [5, 5.41) is 2.60. The zero-order valence-corrected chi connectivity index (χ0v) is 19.4. The van der Waals surface area contributed by atoms with Crippen molar-refractivity contribution in [3.8, 4) is 12.3 Å². The van der Waals surface area contributed by atoms with Gasteiger partial charge >= 0.3 is 12.4 Å². The molecule has 13 heteroatoms. The van der Waals surface area contributed by atoms with Crippen LogP contribution in [0, 0.1) is 30.0 Å². The van der Waals surface area contributed by atoms with Crippen molar-refractivity contribution in [2.24, 2.45) is 11.8 Å². The summed E-state index contributed by atoms with van der Waals surface area (Å²) in [6, 6.07) is 1.28. The van der Waals surface area contributed by atoms with Crippen molar-refractivity contribution < 1.29 is 45.1 Å². The fraction of sp³-hybridized carbons (Fsp3) is 0.400. The van der Waals surface area contributed by atoms with E-state index in [-0.39, 0.29) is 37.3 Å². The molecule has 6 nitrogen and oxygen atoms in total. The van der Waals surface area contributed by atoms with Gasteiger partial charge in [0, 0.05) is 35.7 Å². The van der Waals surface area contributed by atoms with E-state index in [1.54, 1.807) is 0 Å². The monoisotopic (exact) mass is 543 g/mol. The van der Waals surface area contributed by atoms with Crippen molar-refractivity contribution >= 4 is 11.8 Å². The maximum absolute atomic E-state index is 14.8. The third-order valence-electron chi connectivity index (χ3n) is 6.49. The number of rotatable bonds is 5. The lowest BCUT2D eigenvalue weighted by atomic mass is 9.90. The summed E-state index contributed by atoms with van der Waals surface area (Å²) < 4.78 is 98.1. The van der Waals surface area contributed by atoms with Crippen LogP contribution in [-0.2, 0) is 21.9 Å². The minimum atomic E-state index is -4.80. The van der Waals surface area contributed by atoms with Gasteiger partial charge in [-0.3, -0.25) is 14.6 Å². The molecule has 1 aromatic heterocycles. The topological polar surface area (TPSA) is 71.5 Å². The smallest absolute Gasteiger partial charge is 0.381 e. The first-order valence-corrected chi connectivity index (χ1v) is 11.3. The minimum absolute atomic E-state index is 0.0192. The van der Waals surface area contributed by atoms with E-state index in [0.717, 1.165) is 23.2 Å². The highest BCUT2D eigenvalue weighted by atomic mass is 19.4. The summed E-state index contributed by atoms with van der Waals surface area (Å²) in [6.45, 7) is 0.0782. The van der Waals surface area contributed by atoms with E-state index < -0.39 is 65.2 Å². The summed E-state index contributed by atoms with van der Waals surface area (Å²) in [7, 11) is 0. The molecule has 0 spiro atoms. The summed E-state index contributed by atoms with van der Waals surface area (Å²) in [5.41, 5.74) is -3.05. The second-order valence-corrected chi connectivity index (χ2v) is 9.02. The molecule has 1 N–H and O–H groups in total. The third-order valence-corrected chi connectivity index (χ3v) is 6.49. The lowest BCUT2D eigenvalue weighted by molar-refractivity contribution is -0.141. The van der Waals surface area contributed by atoms with Gasteiger partial charge in [-0.2, -0.15) is 26.3 Å². The number of terminal acetylenes is 1. The first-order valence-electron chi connectivity index (χ1n) is 11.3. The Morgan fingerprint density at radius 1 is 1.11 bits per heavy atom. The molecule has 2 amide bonds. The van der Waals surface area contributed by atoms with Crippen LogP contribution in [0.25, 0.3) is 0 Å². The number of nitrogens with zero attached hydrogens (tertiary/aromatic N) is 2. The number of carbonyl (C=O) groups is 2.